The van der Waals surface area contributed by atoms with E-state index in [1.54, 1.807) is 6.07 Å². The molecule has 0 unspecified atom stereocenters. The van der Waals surface area contributed by atoms with Crippen molar-refractivity contribution in [1.82, 2.24) is 4.98 Å². The molecule has 1 aliphatic carbocycles. The molecular formula is C21H16FN2O5PS. The second-order valence-corrected chi connectivity index (χ2v) is 9.88. The van der Waals surface area contributed by atoms with Crippen molar-refractivity contribution >= 4 is 45.7 Å². The van der Waals surface area contributed by atoms with Crippen LogP contribution in [0.3, 0.4) is 0 Å². The fourth-order valence-corrected chi connectivity index (χ4v) is 4.74. The Balaban J connectivity index is 1.51. The van der Waals surface area contributed by atoms with E-state index in [-0.39, 0.29) is 18.3 Å². The van der Waals surface area contributed by atoms with Crippen LogP contribution < -0.4 is 10.8 Å². The van der Waals surface area contributed by atoms with Gasteiger partial charge in [0.25, 0.3) is 5.91 Å². The second-order valence-electron chi connectivity index (χ2n) is 7.35. The Bertz CT molecular complexity index is 1370. The Hall–Kier alpha value is -2.84. The van der Waals surface area contributed by atoms with Gasteiger partial charge in [-0.3, -0.25) is 14.7 Å². The van der Waals surface area contributed by atoms with Crippen LogP contribution >= 0.6 is 18.9 Å². The minimum Gasteiger partial charge on any atom is -0.448 e. The number of halogens is 1. The number of rotatable bonds is 5. The molecule has 2 heterocycles. The summed E-state index contributed by atoms with van der Waals surface area (Å²) in [6.45, 7) is 0. The van der Waals surface area contributed by atoms with E-state index in [4.69, 9.17) is 4.42 Å². The summed E-state index contributed by atoms with van der Waals surface area (Å²) in [6, 6.07) is 15.7. The number of carbonyl (C=O) groups excluding carboxylic acids is 1. The molecule has 1 amide bonds. The third kappa shape index (κ3) is 3.81. The Morgan fingerprint density at radius 1 is 1.13 bits per heavy atom. The fourth-order valence-electron chi connectivity index (χ4n) is 3.26. The predicted octanol–water partition coefficient (Wildman–Crippen LogP) is 4.47. The van der Waals surface area contributed by atoms with E-state index in [0.717, 1.165) is 15.8 Å². The monoisotopic (exact) mass is 458 g/mol. The van der Waals surface area contributed by atoms with Crippen molar-refractivity contribution in [2.75, 3.05) is 5.32 Å². The Morgan fingerprint density at radius 2 is 1.87 bits per heavy atom. The number of fused-ring (bicyclic) bond motifs is 1. The first-order valence-corrected chi connectivity index (χ1v) is 11.8. The third-order valence-electron chi connectivity index (χ3n) is 5.07. The van der Waals surface area contributed by atoms with E-state index in [0.29, 0.717) is 22.0 Å². The van der Waals surface area contributed by atoms with Gasteiger partial charge in [0.1, 0.15) is 5.76 Å². The van der Waals surface area contributed by atoms with Crippen LogP contribution in [0.5, 0.6) is 0 Å². The number of nitrogens with zero attached hydrogens (tertiary/aromatic N) is 1. The maximum absolute atomic E-state index is 14.0. The Kier molecular flexibility index (Phi) is 4.60. The summed E-state index contributed by atoms with van der Waals surface area (Å²) in [5.41, 5.74) is 0.862. The lowest BCUT2D eigenvalue weighted by molar-refractivity contribution is -0.122. The average Bonchev–Trinajstić information content (AvgIpc) is 3.15. The average molecular weight is 458 g/mol. The first-order chi connectivity index (χ1) is 14.7. The van der Waals surface area contributed by atoms with Gasteiger partial charge >= 0.3 is 7.60 Å². The SMILES string of the molecule is O=C(Nc1nc2cccc(-c3cccc(-c4ccc(P(=O)(O)O)o4)c3)c2s1)C1(F)CC1. The minimum atomic E-state index is -4.47. The van der Waals surface area contributed by atoms with Crippen LogP contribution in [0.2, 0.25) is 0 Å². The maximum atomic E-state index is 14.0. The van der Waals surface area contributed by atoms with Gasteiger partial charge in [-0.25, -0.2) is 9.37 Å². The molecular weight excluding hydrogens is 442 g/mol. The molecule has 0 bridgehead atoms. The van der Waals surface area contributed by atoms with Crippen molar-refractivity contribution in [3.05, 3.63) is 54.6 Å². The van der Waals surface area contributed by atoms with Gasteiger partial charge in [0.05, 0.1) is 10.2 Å². The summed E-state index contributed by atoms with van der Waals surface area (Å²) in [5.74, 6) is -0.323. The summed E-state index contributed by atoms with van der Waals surface area (Å²) >= 11 is 1.26. The predicted molar refractivity (Wildman–Crippen MR) is 116 cm³/mol. The molecule has 1 saturated carbocycles. The number of hydrogen-bond donors (Lipinski definition) is 3. The zero-order chi connectivity index (χ0) is 21.8. The van der Waals surface area contributed by atoms with Crippen LogP contribution in [0.4, 0.5) is 9.52 Å². The molecule has 10 heteroatoms. The quantitative estimate of drug-likeness (QED) is 0.381. The molecule has 0 aliphatic heterocycles. The van der Waals surface area contributed by atoms with Gasteiger partial charge in [0, 0.05) is 11.1 Å². The lowest BCUT2D eigenvalue weighted by atomic mass is 10.0. The molecule has 1 fully saturated rings. The Labute approximate surface area is 179 Å². The van der Waals surface area contributed by atoms with Crippen LogP contribution in [0.25, 0.3) is 32.7 Å². The topological polar surface area (TPSA) is 113 Å². The van der Waals surface area contributed by atoms with Crippen molar-refractivity contribution in [3.8, 4) is 22.5 Å². The molecule has 0 spiro atoms. The van der Waals surface area contributed by atoms with E-state index >= 15 is 0 Å². The van der Waals surface area contributed by atoms with Gasteiger partial charge in [-0.15, -0.1) is 0 Å². The Morgan fingerprint density at radius 3 is 2.58 bits per heavy atom. The summed E-state index contributed by atoms with van der Waals surface area (Å²) in [6.07, 6.45) is 0.469. The molecule has 31 heavy (non-hydrogen) atoms. The zero-order valence-corrected chi connectivity index (χ0v) is 17.6. The van der Waals surface area contributed by atoms with Crippen LogP contribution in [0.15, 0.2) is 59.0 Å². The normalized spacial score (nSPS) is 15.2. The van der Waals surface area contributed by atoms with Crippen LogP contribution in [0, 0.1) is 0 Å². The van der Waals surface area contributed by atoms with E-state index in [9.17, 15) is 23.5 Å². The smallest absolute Gasteiger partial charge is 0.391 e. The molecule has 0 radical (unpaired) electrons. The van der Waals surface area contributed by atoms with E-state index in [1.807, 2.05) is 36.4 Å². The number of amides is 1. The molecule has 3 N–H and O–H groups in total. The summed E-state index contributed by atoms with van der Waals surface area (Å²) in [7, 11) is -4.47. The number of thiazole rings is 1. The number of anilines is 1. The van der Waals surface area contributed by atoms with Crippen molar-refractivity contribution < 1.29 is 28.0 Å². The number of hydrogen-bond acceptors (Lipinski definition) is 5. The molecule has 158 valence electrons. The van der Waals surface area contributed by atoms with Gasteiger partial charge in [0.15, 0.2) is 10.8 Å². The molecule has 7 nitrogen and oxygen atoms in total. The van der Waals surface area contributed by atoms with E-state index in [1.165, 1.54) is 23.5 Å². The van der Waals surface area contributed by atoms with Gasteiger partial charge in [0.2, 0.25) is 5.50 Å². The van der Waals surface area contributed by atoms with Gasteiger partial charge in [-0.2, -0.15) is 0 Å². The zero-order valence-electron chi connectivity index (χ0n) is 15.9. The first kappa shape index (κ1) is 20.1. The highest BCUT2D eigenvalue weighted by Gasteiger charge is 2.51. The highest BCUT2D eigenvalue weighted by molar-refractivity contribution is 7.59. The fraction of sp³-hybridized carbons (Fsp3) is 0.143. The molecule has 0 atom stereocenters. The van der Waals surface area contributed by atoms with Gasteiger partial charge in [-0.05, 0) is 42.7 Å². The lowest BCUT2D eigenvalue weighted by Crippen LogP contribution is -2.25. The minimum absolute atomic E-state index is 0.234. The summed E-state index contributed by atoms with van der Waals surface area (Å²) in [5, 5.41) is 2.91. The van der Waals surface area contributed by atoms with Crippen molar-refractivity contribution in [3.63, 3.8) is 0 Å². The maximum Gasteiger partial charge on any atom is 0.391 e. The molecule has 2 aromatic heterocycles. The lowest BCUT2D eigenvalue weighted by Gasteiger charge is -2.05. The van der Waals surface area contributed by atoms with Crippen molar-refractivity contribution in [2.45, 2.75) is 18.5 Å². The van der Waals surface area contributed by atoms with Crippen molar-refractivity contribution in [1.29, 1.82) is 0 Å². The molecule has 1 aliphatic rings. The highest BCUT2D eigenvalue weighted by Crippen LogP contribution is 2.42. The van der Waals surface area contributed by atoms with Gasteiger partial charge < -0.3 is 14.2 Å². The number of benzene rings is 2. The summed E-state index contributed by atoms with van der Waals surface area (Å²) in [4.78, 5) is 35.0. The van der Waals surface area contributed by atoms with Crippen LogP contribution in [0.1, 0.15) is 12.8 Å². The number of nitrogens with one attached hydrogen (secondary N) is 1. The molecule has 0 saturated heterocycles. The van der Waals surface area contributed by atoms with Gasteiger partial charge in [-0.1, -0.05) is 41.7 Å². The number of aromatic nitrogens is 1. The molecule has 2 aromatic carbocycles. The molecule has 4 aromatic rings. The number of furan rings is 1. The number of carbonyl (C=O) groups is 1. The standard InChI is InChI=1S/C21H16FN2O5PS/c22-21(9-10-21)19(25)24-20-23-15-6-2-5-14(18(15)31-20)12-3-1-4-13(11-12)16-7-8-17(29-16)30(26,27)28/h1-8,11H,9-10H2,(H,23,24,25)(H2,26,27,28). The van der Waals surface area contributed by atoms with E-state index < -0.39 is 19.2 Å². The second kappa shape index (κ2) is 7.10. The van der Waals surface area contributed by atoms with E-state index in [2.05, 4.69) is 10.3 Å². The molecule has 5 rings (SSSR count). The van der Waals surface area contributed by atoms with Crippen LogP contribution in [-0.2, 0) is 9.36 Å². The van der Waals surface area contributed by atoms with Crippen molar-refractivity contribution in [2.24, 2.45) is 0 Å². The summed E-state index contributed by atoms with van der Waals surface area (Å²) < 4.78 is 31.5. The highest BCUT2D eigenvalue weighted by atomic mass is 32.1. The first-order valence-electron chi connectivity index (χ1n) is 9.40. The largest absolute Gasteiger partial charge is 0.448 e. The van der Waals surface area contributed by atoms with Crippen LogP contribution in [-0.4, -0.2) is 26.3 Å². The number of alkyl halides is 1. The third-order valence-corrected chi connectivity index (χ3v) is 6.90.